The van der Waals surface area contributed by atoms with E-state index in [2.05, 4.69) is 17.6 Å². The molecule has 0 bridgehead atoms. The first-order valence-corrected chi connectivity index (χ1v) is 9.82. The average molecular weight is 398 g/mol. The molecule has 0 radical (unpaired) electrons. The summed E-state index contributed by atoms with van der Waals surface area (Å²) in [5.41, 5.74) is 2.22. The molecule has 1 heterocycles. The van der Waals surface area contributed by atoms with Crippen molar-refractivity contribution in [3.05, 3.63) is 52.4 Å². The van der Waals surface area contributed by atoms with Crippen molar-refractivity contribution in [1.82, 2.24) is 4.98 Å². The summed E-state index contributed by atoms with van der Waals surface area (Å²) in [5, 5.41) is 7.64. The van der Waals surface area contributed by atoms with E-state index in [1.807, 2.05) is 12.3 Å². The van der Waals surface area contributed by atoms with Crippen molar-refractivity contribution < 1.29 is 17.2 Å². The van der Waals surface area contributed by atoms with Gasteiger partial charge in [-0.1, -0.05) is 12.1 Å². The first-order chi connectivity index (χ1) is 11.7. The Labute approximate surface area is 152 Å². The fourth-order valence-corrected chi connectivity index (χ4v) is 4.02. The third-order valence-electron chi connectivity index (χ3n) is 3.51. The van der Waals surface area contributed by atoms with Crippen LogP contribution in [-0.4, -0.2) is 13.4 Å². The maximum Gasteiger partial charge on any atom is 0.243 e. The molecule has 4 nitrogen and oxygen atoms in total. The fraction of sp³-hybridized carbons (Fsp3) is 0.0625. The summed E-state index contributed by atoms with van der Waals surface area (Å²) in [6, 6.07) is 6.90. The zero-order valence-electron chi connectivity index (χ0n) is 12.8. The molecule has 0 atom stereocenters. The minimum Gasteiger partial charge on any atom is -0.242 e. The Balaban J connectivity index is 2.08. The molecule has 0 spiro atoms. The second kappa shape index (κ2) is 6.49. The monoisotopic (exact) mass is 398 g/mol. The molecule has 130 valence electrons. The Hall–Kier alpha value is -1.81. The zero-order valence-corrected chi connectivity index (χ0v) is 15.4. The largest absolute Gasteiger partial charge is 0.243 e. The Morgan fingerprint density at radius 3 is 2.24 bits per heavy atom. The Morgan fingerprint density at radius 2 is 1.76 bits per heavy atom. The maximum absolute atomic E-state index is 14.0. The van der Waals surface area contributed by atoms with Crippen LogP contribution in [0.2, 0.25) is 0 Å². The van der Waals surface area contributed by atoms with Gasteiger partial charge in [-0.05, 0) is 36.2 Å². The van der Waals surface area contributed by atoms with Crippen LogP contribution in [0, 0.1) is 18.6 Å². The first-order valence-electron chi connectivity index (χ1n) is 6.94. The van der Waals surface area contributed by atoms with E-state index in [1.165, 1.54) is 11.3 Å². The molecule has 25 heavy (non-hydrogen) atoms. The summed E-state index contributed by atoms with van der Waals surface area (Å²) >= 11 is 5.92. The molecular weight excluding hydrogens is 386 g/mol. The summed E-state index contributed by atoms with van der Waals surface area (Å²) in [6.07, 6.45) is 0. The smallest absolute Gasteiger partial charge is 0.242 e. The third kappa shape index (κ3) is 3.59. The van der Waals surface area contributed by atoms with Crippen LogP contribution in [0.15, 0.2) is 45.5 Å². The quantitative estimate of drug-likeness (QED) is 0.655. The van der Waals surface area contributed by atoms with E-state index in [-0.39, 0.29) is 5.56 Å². The molecule has 3 aromatic rings. The normalized spacial score (nSPS) is 11.7. The lowest BCUT2D eigenvalue weighted by molar-refractivity contribution is 0.520. The molecule has 0 unspecified atom stereocenters. The highest BCUT2D eigenvalue weighted by molar-refractivity contribution is 7.89. The van der Waals surface area contributed by atoms with E-state index in [9.17, 15) is 17.2 Å². The van der Waals surface area contributed by atoms with Gasteiger partial charge in [-0.25, -0.2) is 27.3 Å². The molecular formula is C16H12F2N2O2S3. The van der Waals surface area contributed by atoms with Gasteiger partial charge in [0.25, 0.3) is 0 Å². The van der Waals surface area contributed by atoms with Crippen LogP contribution in [0.25, 0.3) is 22.4 Å². The molecule has 0 aliphatic rings. The van der Waals surface area contributed by atoms with Crippen molar-refractivity contribution >= 4 is 34.0 Å². The van der Waals surface area contributed by atoms with Crippen LogP contribution in [0.4, 0.5) is 8.78 Å². The van der Waals surface area contributed by atoms with Crippen LogP contribution in [0.1, 0.15) is 5.01 Å². The standard InChI is InChI=1S/C16H12F2N2O2S3/c1-8-20-14(7-24-8)11-3-2-9(6-15(11)23)10-4-12(17)16(13(18)5-10)25(19,21)22/h2-7,23H,1H3,(H2,19,21,22). The van der Waals surface area contributed by atoms with Gasteiger partial charge in [0.1, 0.15) is 11.6 Å². The van der Waals surface area contributed by atoms with Gasteiger partial charge < -0.3 is 0 Å². The lowest BCUT2D eigenvalue weighted by Gasteiger charge is -2.09. The Bertz CT molecular complexity index is 1060. The highest BCUT2D eigenvalue weighted by Crippen LogP contribution is 2.33. The summed E-state index contributed by atoms with van der Waals surface area (Å²) in [4.78, 5) is 3.82. The van der Waals surface area contributed by atoms with E-state index in [4.69, 9.17) is 5.14 Å². The number of primary sulfonamides is 1. The minimum absolute atomic E-state index is 0.179. The highest BCUT2D eigenvalue weighted by Gasteiger charge is 2.21. The number of aromatic nitrogens is 1. The van der Waals surface area contributed by atoms with E-state index in [1.54, 1.807) is 18.2 Å². The van der Waals surface area contributed by atoms with Crippen molar-refractivity contribution in [3.8, 4) is 22.4 Å². The zero-order chi connectivity index (χ0) is 18.4. The predicted molar refractivity (Wildman–Crippen MR) is 96.3 cm³/mol. The fourth-order valence-electron chi connectivity index (χ4n) is 2.41. The van der Waals surface area contributed by atoms with Gasteiger partial charge in [0, 0.05) is 15.8 Å². The predicted octanol–water partition coefficient (Wildman–Crippen LogP) is 4.00. The van der Waals surface area contributed by atoms with Gasteiger partial charge in [-0.15, -0.1) is 24.0 Å². The number of sulfonamides is 1. The maximum atomic E-state index is 14.0. The average Bonchev–Trinajstić information content (AvgIpc) is 2.91. The number of halogens is 2. The summed E-state index contributed by atoms with van der Waals surface area (Å²) in [6.45, 7) is 1.89. The molecule has 0 aliphatic heterocycles. The lowest BCUT2D eigenvalue weighted by atomic mass is 10.0. The van der Waals surface area contributed by atoms with Crippen LogP contribution in [-0.2, 0) is 10.0 Å². The Kier molecular flexibility index (Phi) is 4.67. The van der Waals surface area contributed by atoms with Gasteiger partial charge in [0.15, 0.2) is 4.90 Å². The van der Waals surface area contributed by atoms with Crippen LogP contribution < -0.4 is 5.14 Å². The van der Waals surface area contributed by atoms with Crippen molar-refractivity contribution in [2.45, 2.75) is 16.7 Å². The number of rotatable bonds is 3. The second-order valence-corrected chi connectivity index (χ2v) is 8.34. The number of aryl methyl sites for hydroxylation is 1. The third-order valence-corrected chi connectivity index (χ3v) is 5.61. The highest BCUT2D eigenvalue weighted by atomic mass is 32.2. The molecule has 9 heteroatoms. The molecule has 0 saturated heterocycles. The van der Waals surface area contributed by atoms with E-state index >= 15 is 0 Å². The number of benzene rings is 2. The number of hydrogen-bond donors (Lipinski definition) is 2. The number of nitrogens with two attached hydrogens (primary N) is 1. The molecule has 3 rings (SSSR count). The van der Waals surface area contributed by atoms with Gasteiger partial charge in [-0.3, -0.25) is 0 Å². The topological polar surface area (TPSA) is 73.0 Å². The minimum atomic E-state index is -4.48. The van der Waals surface area contributed by atoms with Crippen molar-refractivity contribution in [3.63, 3.8) is 0 Å². The molecule has 1 aromatic heterocycles. The van der Waals surface area contributed by atoms with E-state index in [0.717, 1.165) is 28.4 Å². The van der Waals surface area contributed by atoms with Gasteiger partial charge in [0.2, 0.25) is 10.0 Å². The van der Waals surface area contributed by atoms with Crippen LogP contribution >= 0.6 is 24.0 Å². The molecule has 2 N–H and O–H groups in total. The molecule has 0 amide bonds. The number of nitrogens with zero attached hydrogens (tertiary/aromatic N) is 1. The molecule has 0 saturated carbocycles. The van der Waals surface area contributed by atoms with E-state index in [0.29, 0.717) is 10.5 Å². The van der Waals surface area contributed by atoms with Crippen molar-refractivity contribution in [2.24, 2.45) is 5.14 Å². The van der Waals surface area contributed by atoms with Crippen molar-refractivity contribution in [2.75, 3.05) is 0 Å². The first kappa shape index (κ1) is 18.0. The molecule has 0 fully saturated rings. The van der Waals surface area contributed by atoms with Crippen LogP contribution in [0.5, 0.6) is 0 Å². The lowest BCUT2D eigenvalue weighted by Crippen LogP contribution is -2.16. The number of thiazole rings is 1. The SMILES string of the molecule is Cc1nc(-c2ccc(-c3cc(F)c(S(N)(=O)=O)c(F)c3)cc2S)cs1. The summed E-state index contributed by atoms with van der Waals surface area (Å²) in [5.74, 6) is -2.48. The number of hydrogen-bond acceptors (Lipinski definition) is 5. The summed E-state index contributed by atoms with van der Waals surface area (Å²) in [7, 11) is -4.48. The van der Waals surface area contributed by atoms with Crippen molar-refractivity contribution in [1.29, 1.82) is 0 Å². The van der Waals surface area contributed by atoms with E-state index < -0.39 is 26.6 Å². The second-order valence-electron chi connectivity index (χ2n) is 5.30. The molecule has 2 aromatic carbocycles. The summed E-state index contributed by atoms with van der Waals surface area (Å²) < 4.78 is 50.5. The molecule has 0 aliphatic carbocycles. The van der Waals surface area contributed by atoms with Gasteiger partial charge in [-0.2, -0.15) is 0 Å². The Morgan fingerprint density at radius 1 is 1.12 bits per heavy atom. The van der Waals surface area contributed by atoms with Crippen LogP contribution in [0.3, 0.4) is 0 Å². The van der Waals surface area contributed by atoms with Gasteiger partial charge >= 0.3 is 0 Å². The number of thiol groups is 1. The van der Waals surface area contributed by atoms with Gasteiger partial charge in [0.05, 0.1) is 10.7 Å².